The Bertz CT molecular complexity index is 3720. The fourth-order valence-corrected chi connectivity index (χ4v) is 8.71. The molecule has 77 heavy (non-hydrogen) atoms. The number of alkyl halides is 1. The van der Waals surface area contributed by atoms with E-state index in [1.807, 2.05) is 172 Å². The molecule has 7 aromatic rings. The number of nitrogens with one attached hydrogen (secondary N) is 6. The maximum Gasteiger partial charge on any atom is 0.343 e. The number of aromatic nitrogens is 4. The molecule has 0 aliphatic carbocycles. The van der Waals surface area contributed by atoms with Gasteiger partial charge in [0.2, 0.25) is 23.6 Å². The summed E-state index contributed by atoms with van der Waals surface area (Å²) < 4.78 is 6.43. The molecule has 0 unspecified atom stereocenters. The average Bonchev–Trinajstić information content (AvgIpc) is 4.25. The smallest absolute Gasteiger partial charge is 0.343 e. The summed E-state index contributed by atoms with van der Waals surface area (Å²) in [5.74, 6) is -1.49. The Hall–Kier alpha value is -8.69. The van der Waals surface area contributed by atoms with Gasteiger partial charge in [-0.2, -0.15) is 0 Å². The molecule has 4 amide bonds. The Morgan fingerprint density at radius 1 is 0.468 bits per heavy atom. The van der Waals surface area contributed by atoms with E-state index in [1.54, 1.807) is 30.3 Å². The second-order valence-corrected chi connectivity index (χ2v) is 22.4. The monoisotopic (exact) mass is 1090 g/mol. The van der Waals surface area contributed by atoms with Gasteiger partial charge in [0.1, 0.15) is 5.69 Å². The summed E-state index contributed by atoms with van der Waals surface area (Å²) in [5.41, 5.74) is 8.01. The first-order valence-corrected chi connectivity index (χ1v) is 26.3. The number of carbonyl (C=O) groups is 5. The number of carbonyl (C=O) groups excluding carboxylic acids is 5. The van der Waals surface area contributed by atoms with Crippen LogP contribution in [0.4, 0.5) is 22.7 Å². The zero-order chi connectivity index (χ0) is 55.0. The lowest BCUT2D eigenvalue weighted by molar-refractivity contribution is -0.123. The lowest BCUT2D eigenvalue weighted by Gasteiger charge is -2.20. The van der Waals surface area contributed by atoms with Gasteiger partial charge in [-0.25, -0.2) is 14.8 Å². The van der Waals surface area contributed by atoms with Crippen LogP contribution in [-0.2, 0) is 19.2 Å². The van der Waals surface area contributed by atoms with Gasteiger partial charge < -0.3 is 36.0 Å². The molecule has 2 aliphatic rings. The van der Waals surface area contributed by atoms with Crippen LogP contribution in [0.15, 0.2) is 121 Å². The molecule has 5 heterocycles. The molecule has 0 radical (unpaired) electrons. The minimum atomic E-state index is -0.726. The van der Waals surface area contributed by atoms with Crippen LogP contribution in [0.1, 0.15) is 95.4 Å². The standard InChI is InChI=1S/C62H59BrN8O6/c1-60(2,3)57(74)69-40-22-13-10-19-37(40)52-43-25-27-45(65-43)53(38-20-11-14-23-41(38)70-58(75)61(4,5)6)47-29-31-49(67-47)55(77-56(73)35-17-16-18-36(33-35)64-51(72)34-63)50-32-30-48(68-50)54(46-28-26-44(52)66-46)39-21-12-15-24-42(39)71-59(76)62(7,8)9/h10-33,65,68H,34H2,1-9H3,(H,64,72)(H,69,74)(H,70,75)(H,71,76). The molecule has 0 fully saturated rings. The topological polar surface area (TPSA) is 200 Å². The van der Waals surface area contributed by atoms with Crippen molar-refractivity contribution in [3.8, 4) is 39.1 Å². The van der Waals surface area contributed by atoms with Gasteiger partial charge in [-0.1, -0.05) is 139 Å². The van der Waals surface area contributed by atoms with Crippen LogP contribution in [0.3, 0.4) is 0 Å². The number of ether oxygens (including phenoxy) is 1. The minimum absolute atomic E-state index is 0.0642. The lowest BCUT2D eigenvalue weighted by atomic mass is 9.94. The number of hydrogen-bond acceptors (Lipinski definition) is 8. The minimum Gasteiger partial charge on any atom is -0.418 e. The van der Waals surface area contributed by atoms with Crippen molar-refractivity contribution in [3.05, 3.63) is 150 Å². The van der Waals surface area contributed by atoms with Crippen molar-refractivity contribution in [1.29, 1.82) is 0 Å². The largest absolute Gasteiger partial charge is 0.418 e. The summed E-state index contributed by atoms with van der Waals surface area (Å²) in [4.78, 5) is 86.0. The summed E-state index contributed by atoms with van der Waals surface area (Å²) >= 11 is 3.18. The number of aromatic amines is 2. The van der Waals surface area contributed by atoms with E-state index in [0.717, 1.165) is 0 Å². The summed E-state index contributed by atoms with van der Waals surface area (Å²) in [5, 5.41) is 12.4. The average molecular weight is 1090 g/mol. The predicted octanol–water partition coefficient (Wildman–Crippen LogP) is 14.2. The number of H-pyrrole nitrogens is 2. The maximum atomic E-state index is 14.4. The zero-order valence-electron chi connectivity index (χ0n) is 44.3. The third-order valence-electron chi connectivity index (χ3n) is 12.8. The molecule has 0 saturated heterocycles. The second-order valence-electron chi connectivity index (χ2n) is 21.9. The molecule has 2 aliphatic heterocycles. The molecule has 9 rings (SSSR count). The number of anilines is 4. The molecule has 3 aromatic heterocycles. The number of amides is 4. The number of esters is 1. The van der Waals surface area contributed by atoms with Crippen molar-refractivity contribution in [1.82, 2.24) is 19.9 Å². The molecule has 0 spiro atoms. The molecule has 390 valence electrons. The first-order valence-electron chi connectivity index (χ1n) is 25.1. The first-order chi connectivity index (χ1) is 36.6. The first kappa shape index (κ1) is 53.1. The molecule has 14 nitrogen and oxygen atoms in total. The van der Waals surface area contributed by atoms with Crippen LogP contribution in [0, 0.1) is 16.2 Å². The van der Waals surface area contributed by atoms with E-state index in [4.69, 9.17) is 14.7 Å². The van der Waals surface area contributed by atoms with E-state index in [0.29, 0.717) is 101 Å². The second kappa shape index (κ2) is 21.1. The zero-order valence-corrected chi connectivity index (χ0v) is 45.9. The van der Waals surface area contributed by atoms with E-state index in [1.165, 1.54) is 6.07 Å². The van der Waals surface area contributed by atoms with E-state index in [-0.39, 0.29) is 40.3 Å². The van der Waals surface area contributed by atoms with Crippen molar-refractivity contribution in [2.45, 2.75) is 62.3 Å². The Morgan fingerprint density at radius 3 is 1.26 bits per heavy atom. The van der Waals surface area contributed by atoms with E-state index in [9.17, 15) is 24.0 Å². The molecule has 4 aromatic carbocycles. The van der Waals surface area contributed by atoms with Gasteiger partial charge in [0.25, 0.3) is 0 Å². The number of rotatable bonds is 10. The number of fused-ring (bicyclic) bond motifs is 8. The highest BCUT2D eigenvalue weighted by Crippen LogP contribution is 2.42. The van der Waals surface area contributed by atoms with Crippen molar-refractivity contribution in [2.24, 2.45) is 16.2 Å². The third kappa shape index (κ3) is 11.5. The number of hydrogen-bond donors (Lipinski definition) is 6. The fourth-order valence-electron chi connectivity index (χ4n) is 8.57. The van der Waals surface area contributed by atoms with Crippen molar-refractivity contribution in [3.63, 3.8) is 0 Å². The maximum absolute atomic E-state index is 14.4. The van der Waals surface area contributed by atoms with Gasteiger partial charge in [0.15, 0.2) is 5.75 Å². The molecule has 8 bridgehead atoms. The van der Waals surface area contributed by atoms with Gasteiger partial charge in [-0.3, -0.25) is 19.2 Å². The normalized spacial score (nSPS) is 12.2. The SMILES string of the molecule is CC(C)(C)C(=O)Nc1ccccc1-c1c2nc(c(-c3ccccc3NC(=O)C(C)(C)C)c3ccc([nH]3)c(-c3ccccc3NC(=O)C(C)(C)C)c3nc(c(OC(=O)c4cccc(NC(=O)CBr)c4)c4ccc1[nH]4)C=C3)C=C2. The van der Waals surface area contributed by atoms with Crippen LogP contribution in [0.5, 0.6) is 5.75 Å². The number of halogens is 1. The number of para-hydroxylation sites is 3. The predicted molar refractivity (Wildman–Crippen MR) is 313 cm³/mol. The van der Waals surface area contributed by atoms with Crippen molar-refractivity contribution < 1.29 is 28.7 Å². The summed E-state index contributed by atoms with van der Waals surface area (Å²) in [7, 11) is 0. The van der Waals surface area contributed by atoms with E-state index >= 15 is 0 Å². The van der Waals surface area contributed by atoms with Crippen LogP contribution < -0.4 is 26.0 Å². The highest BCUT2D eigenvalue weighted by molar-refractivity contribution is 9.09. The van der Waals surface area contributed by atoms with Crippen LogP contribution in [0.2, 0.25) is 0 Å². The molecule has 0 atom stereocenters. The lowest BCUT2D eigenvalue weighted by Crippen LogP contribution is -2.27. The highest BCUT2D eigenvalue weighted by atomic mass is 79.9. The highest BCUT2D eigenvalue weighted by Gasteiger charge is 2.28. The molecule has 6 N–H and O–H groups in total. The van der Waals surface area contributed by atoms with E-state index in [2.05, 4.69) is 47.2 Å². The van der Waals surface area contributed by atoms with Gasteiger partial charge in [-0.15, -0.1) is 0 Å². The van der Waals surface area contributed by atoms with Gasteiger partial charge >= 0.3 is 5.97 Å². The van der Waals surface area contributed by atoms with Crippen LogP contribution in [0.25, 0.3) is 79.8 Å². The Labute approximate surface area is 455 Å². The van der Waals surface area contributed by atoms with Gasteiger partial charge in [0, 0.05) is 88.9 Å². The van der Waals surface area contributed by atoms with Crippen LogP contribution in [-0.4, -0.2) is 54.9 Å². The summed E-state index contributed by atoms with van der Waals surface area (Å²) in [6, 6.07) is 36.6. The van der Waals surface area contributed by atoms with Crippen molar-refractivity contribution >= 4 is 115 Å². The molecule has 0 saturated carbocycles. The fraction of sp³-hybridized carbons (Fsp3) is 0.210. The van der Waals surface area contributed by atoms with Gasteiger partial charge in [0.05, 0.1) is 33.5 Å². The quantitative estimate of drug-likeness (QED) is 0.0574. The number of benzene rings is 4. The summed E-state index contributed by atoms with van der Waals surface area (Å²) in [6.45, 7) is 16.7. The molecular formula is C62H59BrN8O6. The van der Waals surface area contributed by atoms with Crippen LogP contribution >= 0.6 is 15.9 Å². The summed E-state index contributed by atoms with van der Waals surface area (Å²) in [6.07, 6.45) is 7.43. The number of nitrogens with zero attached hydrogens (tertiary/aromatic N) is 2. The van der Waals surface area contributed by atoms with Gasteiger partial charge in [-0.05, 0) is 85.0 Å². The van der Waals surface area contributed by atoms with E-state index < -0.39 is 22.2 Å². The van der Waals surface area contributed by atoms with Crippen molar-refractivity contribution in [2.75, 3.05) is 26.6 Å². The molecular weight excluding hydrogens is 1030 g/mol. The Kier molecular flexibility index (Phi) is 14.6. The third-order valence-corrected chi connectivity index (χ3v) is 13.3. The Morgan fingerprint density at radius 2 is 0.844 bits per heavy atom. The Balaban J connectivity index is 1.41. The molecule has 15 heteroatoms.